The molecule has 16 heavy (non-hydrogen) atoms. The summed E-state index contributed by atoms with van der Waals surface area (Å²) in [6.45, 7) is 9.18. The van der Waals surface area contributed by atoms with Gasteiger partial charge in [0, 0.05) is 6.04 Å². The van der Waals surface area contributed by atoms with Crippen molar-refractivity contribution in [3.05, 3.63) is 22.4 Å². The first-order chi connectivity index (χ1) is 7.42. The predicted molar refractivity (Wildman–Crippen MR) is 72.2 cm³/mol. The summed E-state index contributed by atoms with van der Waals surface area (Å²) >= 11 is 1.73. The van der Waals surface area contributed by atoms with Crippen LogP contribution in [0.4, 0.5) is 0 Å². The van der Waals surface area contributed by atoms with Gasteiger partial charge in [0.2, 0.25) is 0 Å². The fourth-order valence-corrected chi connectivity index (χ4v) is 3.02. The van der Waals surface area contributed by atoms with Gasteiger partial charge in [0.05, 0.1) is 0 Å². The topological polar surface area (TPSA) is 38.0 Å². The number of rotatable bonds is 5. The number of nitrogens with one attached hydrogen (secondary N) is 1. The maximum absolute atomic E-state index is 5.63. The molecule has 0 amide bonds. The molecular formula is C13H24N2S. The standard InChI is InChI=1S/C13H24N2S/c1-10(8-13(2,3)4)7-12(15-14)11-5-6-16-9-11/h5-6,9-10,12,15H,7-8,14H2,1-4H3. The van der Waals surface area contributed by atoms with Gasteiger partial charge < -0.3 is 0 Å². The molecule has 2 unspecified atom stereocenters. The van der Waals surface area contributed by atoms with Crippen molar-refractivity contribution in [2.75, 3.05) is 0 Å². The molecule has 0 fully saturated rings. The molecule has 3 heteroatoms. The monoisotopic (exact) mass is 240 g/mol. The van der Waals surface area contributed by atoms with Crippen LogP contribution >= 0.6 is 11.3 Å². The first-order valence-corrected chi connectivity index (χ1v) is 6.85. The quantitative estimate of drug-likeness (QED) is 0.608. The molecule has 1 aromatic rings. The highest BCUT2D eigenvalue weighted by Crippen LogP contribution is 2.30. The number of hydrazine groups is 1. The molecule has 1 aromatic heterocycles. The van der Waals surface area contributed by atoms with E-state index in [0.717, 1.165) is 6.42 Å². The van der Waals surface area contributed by atoms with Gasteiger partial charge in [-0.05, 0) is 46.6 Å². The Morgan fingerprint density at radius 1 is 1.44 bits per heavy atom. The largest absolute Gasteiger partial charge is 0.271 e. The Balaban J connectivity index is 2.51. The highest BCUT2D eigenvalue weighted by atomic mass is 32.1. The van der Waals surface area contributed by atoms with Gasteiger partial charge in [0.25, 0.3) is 0 Å². The van der Waals surface area contributed by atoms with Gasteiger partial charge in [-0.3, -0.25) is 11.3 Å². The lowest BCUT2D eigenvalue weighted by molar-refractivity contribution is 0.276. The highest BCUT2D eigenvalue weighted by molar-refractivity contribution is 7.07. The molecule has 2 atom stereocenters. The maximum Gasteiger partial charge on any atom is 0.0470 e. The van der Waals surface area contributed by atoms with Crippen LogP contribution in [0.15, 0.2) is 16.8 Å². The van der Waals surface area contributed by atoms with Crippen LogP contribution < -0.4 is 11.3 Å². The van der Waals surface area contributed by atoms with E-state index in [4.69, 9.17) is 5.84 Å². The molecular weight excluding hydrogens is 216 g/mol. The summed E-state index contributed by atoms with van der Waals surface area (Å²) < 4.78 is 0. The molecule has 1 rings (SSSR count). The number of nitrogens with two attached hydrogens (primary N) is 1. The van der Waals surface area contributed by atoms with Crippen LogP contribution in [0.1, 0.15) is 52.1 Å². The van der Waals surface area contributed by atoms with Crippen LogP contribution in [-0.4, -0.2) is 0 Å². The van der Waals surface area contributed by atoms with Crippen molar-refractivity contribution in [1.82, 2.24) is 5.43 Å². The highest BCUT2D eigenvalue weighted by Gasteiger charge is 2.19. The first kappa shape index (κ1) is 13.7. The summed E-state index contributed by atoms with van der Waals surface area (Å²) in [5.74, 6) is 6.31. The molecule has 2 nitrogen and oxygen atoms in total. The zero-order valence-electron chi connectivity index (χ0n) is 10.8. The zero-order chi connectivity index (χ0) is 12.2. The van der Waals surface area contributed by atoms with E-state index in [0.29, 0.717) is 17.4 Å². The van der Waals surface area contributed by atoms with Crippen molar-refractivity contribution in [2.45, 2.75) is 46.6 Å². The minimum atomic E-state index is 0.295. The van der Waals surface area contributed by atoms with Crippen LogP contribution in [0.5, 0.6) is 0 Å². The summed E-state index contributed by atoms with van der Waals surface area (Å²) in [7, 11) is 0. The summed E-state index contributed by atoms with van der Waals surface area (Å²) in [6.07, 6.45) is 2.33. The van der Waals surface area contributed by atoms with Crippen LogP contribution in [0.2, 0.25) is 0 Å². The lowest BCUT2D eigenvalue weighted by atomic mass is 9.82. The molecule has 1 heterocycles. The Kier molecular flexibility index (Phi) is 4.96. The second kappa shape index (κ2) is 5.80. The SMILES string of the molecule is CC(CC(NN)c1ccsc1)CC(C)(C)C. The Bertz CT molecular complexity index is 287. The van der Waals surface area contributed by atoms with Crippen LogP contribution in [0.25, 0.3) is 0 Å². The van der Waals surface area contributed by atoms with Crippen molar-refractivity contribution in [3.8, 4) is 0 Å². The fraction of sp³-hybridized carbons (Fsp3) is 0.692. The Labute approximate surface area is 103 Å². The number of hydrogen-bond acceptors (Lipinski definition) is 3. The second-order valence-electron chi connectivity index (χ2n) is 5.88. The minimum absolute atomic E-state index is 0.295. The average molecular weight is 240 g/mol. The molecule has 0 radical (unpaired) electrons. The van der Waals surface area contributed by atoms with Gasteiger partial charge in [-0.2, -0.15) is 11.3 Å². The minimum Gasteiger partial charge on any atom is -0.271 e. The first-order valence-electron chi connectivity index (χ1n) is 5.90. The molecule has 0 bridgehead atoms. The van der Waals surface area contributed by atoms with Gasteiger partial charge in [0.15, 0.2) is 0 Å². The van der Waals surface area contributed by atoms with E-state index in [1.165, 1.54) is 12.0 Å². The van der Waals surface area contributed by atoms with Crippen molar-refractivity contribution < 1.29 is 0 Å². The van der Waals surface area contributed by atoms with E-state index in [2.05, 4.69) is 49.9 Å². The van der Waals surface area contributed by atoms with E-state index in [-0.39, 0.29) is 0 Å². The van der Waals surface area contributed by atoms with Gasteiger partial charge in [0.1, 0.15) is 0 Å². The van der Waals surface area contributed by atoms with Crippen molar-refractivity contribution >= 4 is 11.3 Å². The Morgan fingerprint density at radius 3 is 2.56 bits per heavy atom. The molecule has 3 N–H and O–H groups in total. The average Bonchev–Trinajstić information content (AvgIpc) is 2.63. The second-order valence-corrected chi connectivity index (χ2v) is 6.66. The van der Waals surface area contributed by atoms with E-state index in [1.807, 2.05) is 0 Å². The molecule has 92 valence electrons. The van der Waals surface area contributed by atoms with Crippen molar-refractivity contribution in [1.29, 1.82) is 0 Å². The third-order valence-electron chi connectivity index (χ3n) is 2.75. The van der Waals surface area contributed by atoms with Gasteiger partial charge in [-0.15, -0.1) is 0 Å². The lowest BCUT2D eigenvalue weighted by Crippen LogP contribution is -2.29. The van der Waals surface area contributed by atoms with Crippen LogP contribution in [-0.2, 0) is 0 Å². The third-order valence-corrected chi connectivity index (χ3v) is 3.45. The summed E-state index contributed by atoms with van der Waals surface area (Å²) in [5, 5.41) is 4.28. The molecule has 0 aliphatic heterocycles. The van der Waals surface area contributed by atoms with E-state index in [9.17, 15) is 0 Å². The molecule has 0 aliphatic carbocycles. The van der Waals surface area contributed by atoms with E-state index >= 15 is 0 Å². The van der Waals surface area contributed by atoms with Crippen LogP contribution in [0, 0.1) is 11.3 Å². The molecule has 0 aromatic carbocycles. The lowest BCUT2D eigenvalue weighted by Gasteiger charge is -2.26. The molecule has 0 saturated carbocycles. The molecule has 0 aliphatic rings. The van der Waals surface area contributed by atoms with Crippen molar-refractivity contribution in [3.63, 3.8) is 0 Å². The van der Waals surface area contributed by atoms with E-state index < -0.39 is 0 Å². The normalized spacial score (nSPS) is 16.1. The summed E-state index contributed by atoms with van der Waals surface area (Å²) in [6, 6.07) is 2.45. The Hall–Kier alpha value is -0.380. The number of hydrogen-bond donors (Lipinski definition) is 2. The smallest absolute Gasteiger partial charge is 0.0470 e. The van der Waals surface area contributed by atoms with Crippen molar-refractivity contribution in [2.24, 2.45) is 17.2 Å². The van der Waals surface area contributed by atoms with E-state index in [1.54, 1.807) is 11.3 Å². The zero-order valence-corrected chi connectivity index (χ0v) is 11.6. The predicted octanol–water partition coefficient (Wildman–Crippen LogP) is 3.71. The van der Waals surface area contributed by atoms with Gasteiger partial charge >= 0.3 is 0 Å². The molecule has 0 spiro atoms. The molecule has 0 saturated heterocycles. The van der Waals surface area contributed by atoms with Crippen LogP contribution in [0.3, 0.4) is 0 Å². The Morgan fingerprint density at radius 2 is 2.12 bits per heavy atom. The maximum atomic E-state index is 5.63. The van der Waals surface area contributed by atoms with Gasteiger partial charge in [-0.1, -0.05) is 27.7 Å². The third kappa shape index (κ3) is 4.64. The fourth-order valence-electron chi connectivity index (χ4n) is 2.30. The van der Waals surface area contributed by atoms with Gasteiger partial charge in [-0.25, -0.2) is 0 Å². The summed E-state index contributed by atoms with van der Waals surface area (Å²) in [4.78, 5) is 0. The number of thiophene rings is 1. The summed E-state index contributed by atoms with van der Waals surface area (Å²) in [5.41, 5.74) is 4.64.